The highest BCUT2D eigenvalue weighted by Gasteiger charge is 2.19. The molecule has 1 aliphatic rings. The first-order valence-corrected chi connectivity index (χ1v) is 5.26. The molecule has 0 bridgehead atoms. The molecule has 0 aromatic carbocycles. The van der Waals surface area contributed by atoms with Crippen molar-refractivity contribution >= 4 is 17.7 Å². The third kappa shape index (κ3) is 1.83. The highest BCUT2D eigenvalue weighted by atomic mass is 32.2. The molecule has 0 aromatic rings. The molecular weight excluding hydrogens is 170 g/mol. The number of nitrogens with zero attached hydrogens (tertiary/aromatic N) is 1. The summed E-state index contributed by atoms with van der Waals surface area (Å²) in [5.41, 5.74) is 1.21. The maximum absolute atomic E-state index is 11.2. The first-order chi connectivity index (χ1) is 5.66. The predicted molar refractivity (Wildman–Crippen MR) is 52.8 cm³/mol. The molecule has 1 aliphatic heterocycles. The van der Waals surface area contributed by atoms with Gasteiger partial charge in [0.25, 0.3) is 0 Å². The van der Waals surface area contributed by atoms with Gasteiger partial charge in [0.2, 0.25) is 5.91 Å². The SMILES string of the molecule is CCC1=C(C)SCCN1C(C)=O. The van der Waals surface area contributed by atoms with Gasteiger partial charge in [-0.1, -0.05) is 6.92 Å². The van der Waals surface area contributed by atoms with E-state index < -0.39 is 0 Å². The smallest absolute Gasteiger partial charge is 0.223 e. The molecule has 12 heavy (non-hydrogen) atoms. The number of rotatable bonds is 1. The second-order valence-electron chi connectivity index (χ2n) is 2.88. The number of carbonyl (C=O) groups excluding carboxylic acids is 1. The minimum Gasteiger partial charge on any atom is -0.315 e. The van der Waals surface area contributed by atoms with E-state index in [9.17, 15) is 4.79 Å². The van der Waals surface area contributed by atoms with Crippen molar-refractivity contribution in [2.75, 3.05) is 12.3 Å². The van der Waals surface area contributed by atoms with Crippen LogP contribution in [0.15, 0.2) is 10.6 Å². The summed E-state index contributed by atoms with van der Waals surface area (Å²) in [6, 6.07) is 0. The molecule has 0 saturated carbocycles. The van der Waals surface area contributed by atoms with E-state index in [1.54, 1.807) is 6.92 Å². The number of carbonyl (C=O) groups is 1. The lowest BCUT2D eigenvalue weighted by Crippen LogP contribution is -2.33. The Morgan fingerprint density at radius 1 is 1.67 bits per heavy atom. The van der Waals surface area contributed by atoms with Crippen molar-refractivity contribution in [2.45, 2.75) is 27.2 Å². The Hall–Kier alpha value is -0.440. The largest absolute Gasteiger partial charge is 0.315 e. The lowest BCUT2D eigenvalue weighted by Gasteiger charge is -2.29. The Kier molecular flexibility index (Phi) is 3.20. The first-order valence-electron chi connectivity index (χ1n) is 4.27. The second kappa shape index (κ2) is 3.99. The number of allylic oxidation sites excluding steroid dienone is 2. The summed E-state index contributed by atoms with van der Waals surface area (Å²) in [5.74, 6) is 1.21. The fourth-order valence-corrected chi connectivity index (χ4v) is 2.49. The number of hydrogen-bond acceptors (Lipinski definition) is 2. The van der Waals surface area contributed by atoms with Gasteiger partial charge in [-0.05, 0) is 13.3 Å². The van der Waals surface area contributed by atoms with Crippen LogP contribution in [0.3, 0.4) is 0 Å². The summed E-state index contributed by atoms with van der Waals surface area (Å²) in [5, 5.41) is 0. The van der Waals surface area contributed by atoms with Crippen LogP contribution in [-0.4, -0.2) is 23.1 Å². The van der Waals surface area contributed by atoms with E-state index >= 15 is 0 Å². The highest BCUT2D eigenvalue weighted by Crippen LogP contribution is 2.28. The van der Waals surface area contributed by atoms with Crippen molar-refractivity contribution in [2.24, 2.45) is 0 Å². The average Bonchev–Trinajstić information content (AvgIpc) is 2.03. The monoisotopic (exact) mass is 185 g/mol. The topological polar surface area (TPSA) is 20.3 Å². The minimum absolute atomic E-state index is 0.173. The normalized spacial score (nSPS) is 18.4. The zero-order valence-electron chi connectivity index (χ0n) is 7.89. The van der Waals surface area contributed by atoms with Crippen molar-refractivity contribution in [1.29, 1.82) is 0 Å². The molecule has 0 unspecified atom stereocenters. The Bertz CT molecular complexity index is 223. The van der Waals surface area contributed by atoms with Gasteiger partial charge in [0.15, 0.2) is 0 Å². The van der Waals surface area contributed by atoms with Crippen molar-refractivity contribution in [3.05, 3.63) is 10.6 Å². The molecule has 0 fully saturated rings. The van der Waals surface area contributed by atoms with Crippen molar-refractivity contribution in [1.82, 2.24) is 4.90 Å². The molecule has 1 rings (SSSR count). The zero-order valence-corrected chi connectivity index (χ0v) is 8.70. The van der Waals surface area contributed by atoms with Gasteiger partial charge in [-0.15, -0.1) is 11.8 Å². The molecular formula is C9H15NOS. The van der Waals surface area contributed by atoms with E-state index in [1.165, 1.54) is 10.6 Å². The van der Waals surface area contributed by atoms with Crippen LogP contribution >= 0.6 is 11.8 Å². The van der Waals surface area contributed by atoms with Crippen LogP contribution < -0.4 is 0 Å². The molecule has 0 atom stereocenters. The number of amides is 1. The molecule has 0 saturated heterocycles. The molecule has 0 aliphatic carbocycles. The fourth-order valence-electron chi connectivity index (χ4n) is 1.49. The first kappa shape index (κ1) is 9.65. The summed E-state index contributed by atoms with van der Waals surface area (Å²) < 4.78 is 0. The Morgan fingerprint density at radius 2 is 2.33 bits per heavy atom. The maximum atomic E-state index is 11.2. The molecule has 0 spiro atoms. The number of hydrogen-bond donors (Lipinski definition) is 0. The van der Waals surface area contributed by atoms with Gasteiger partial charge in [-0.3, -0.25) is 4.79 Å². The highest BCUT2D eigenvalue weighted by molar-refractivity contribution is 8.03. The zero-order chi connectivity index (χ0) is 9.14. The van der Waals surface area contributed by atoms with E-state index in [-0.39, 0.29) is 5.91 Å². The molecule has 0 N–H and O–H groups in total. The van der Waals surface area contributed by atoms with Crippen LogP contribution in [0, 0.1) is 0 Å². The number of thioether (sulfide) groups is 1. The Morgan fingerprint density at radius 3 is 2.75 bits per heavy atom. The quantitative estimate of drug-likeness (QED) is 0.624. The van der Waals surface area contributed by atoms with Crippen LogP contribution in [0.4, 0.5) is 0 Å². The van der Waals surface area contributed by atoms with Gasteiger partial charge in [0, 0.05) is 29.8 Å². The second-order valence-corrected chi connectivity index (χ2v) is 4.18. The third-order valence-corrected chi connectivity index (χ3v) is 3.14. The third-order valence-electron chi connectivity index (χ3n) is 2.08. The Labute approximate surface area is 78.0 Å². The van der Waals surface area contributed by atoms with Gasteiger partial charge < -0.3 is 4.90 Å². The van der Waals surface area contributed by atoms with E-state index in [2.05, 4.69) is 13.8 Å². The van der Waals surface area contributed by atoms with Gasteiger partial charge in [0.05, 0.1) is 0 Å². The summed E-state index contributed by atoms with van der Waals surface area (Å²) in [6.45, 7) is 6.71. The van der Waals surface area contributed by atoms with E-state index in [0.717, 1.165) is 18.7 Å². The predicted octanol–water partition coefficient (Wildman–Crippen LogP) is 2.22. The van der Waals surface area contributed by atoms with Crippen LogP contribution in [0.1, 0.15) is 27.2 Å². The summed E-state index contributed by atoms with van der Waals surface area (Å²) in [6.07, 6.45) is 0.957. The maximum Gasteiger partial charge on any atom is 0.223 e. The summed E-state index contributed by atoms with van der Waals surface area (Å²) in [4.78, 5) is 14.4. The van der Waals surface area contributed by atoms with Crippen LogP contribution in [0.5, 0.6) is 0 Å². The van der Waals surface area contributed by atoms with Crippen LogP contribution in [-0.2, 0) is 4.79 Å². The summed E-state index contributed by atoms with van der Waals surface area (Å²) in [7, 11) is 0. The minimum atomic E-state index is 0.173. The molecule has 1 amide bonds. The average molecular weight is 185 g/mol. The van der Waals surface area contributed by atoms with Gasteiger partial charge in [-0.25, -0.2) is 0 Å². The van der Waals surface area contributed by atoms with Crippen LogP contribution in [0.25, 0.3) is 0 Å². The van der Waals surface area contributed by atoms with Crippen molar-refractivity contribution < 1.29 is 4.79 Å². The molecule has 0 aromatic heterocycles. The van der Waals surface area contributed by atoms with E-state index in [1.807, 2.05) is 16.7 Å². The van der Waals surface area contributed by atoms with Gasteiger partial charge in [-0.2, -0.15) is 0 Å². The van der Waals surface area contributed by atoms with Crippen molar-refractivity contribution in [3.63, 3.8) is 0 Å². The molecule has 68 valence electrons. The molecule has 1 heterocycles. The van der Waals surface area contributed by atoms with Crippen LogP contribution in [0.2, 0.25) is 0 Å². The lowest BCUT2D eigenvalue weighted by atomic mass is 10.2. The van der Waals surface area contributed by atoms with Gasteiger partial charge >= 0.3 is 0 Å². The molecule has 2 nitrogen and oxygen atoms in total. The lowest BCUT2D eigenvalue weighted by molar-refractivity contribution is -0.126. The van der Waals surface area contributed by atoms with Gasteiger partial charge in [0.1, 0.15) is 0 Å². The Balaban J connectivity index is 2.87. The molecule has 0 radical (unpaired) electrons. The fraction of sp³-hybridized carbons (Fsp3) is 0.667. The van der Waals surface area contributed by atoms with Crippen molar-refractivity contribution in [3.8, 4) is 0 Å². The van der Waals surface area contributed by atoms with E-state index in [4.69, 9.17) is 0 Å². The molecule has 3 heteroatoms. The van der Waals surface area contributed by atoms with E-state index in [0.29, 0.717) is 0 Å². The summed E-state index contributed by atoms with van der Waals surface area (Å²) >= 11 is 1.86. The standard InChI is InChI=1S/C9H15NOS/c1-4-9-7(2)12-6-5-10(9)8(3)11/h4-6H2,1-3H3.